The Kier molecular flexibility index (Phi) is 6.41. The third-order valence-electron chi connectivity index (χ3n) is 5.06. The Labute approximate surface area is 205 Å². The van der Waals surface area contributed by atoms with E-state index in [0.29, 0.717) is 16.9 Å². The van der Waals surface area contributed by atoms with Gasteiger partial charge in [-0.1, -0.05) is 35.3 Å². The first-order chi connectivity index (χ1) is 16.1. The van der Waals surface area contributed by atoms with Crippen molar-refractivity contribution >= 4 is 58.0 Å². The van der Waals surface area contributed by atoms with E-state index < -0.39 is 17.6 Å². The zero-order valence-corrected chi connectivity index (χ0v) is 19.6. The average Bonchev–Trinajstić information content (AvgIpc) is 2.98. The predicted molar refractivity (Wildman–Crippen MR) is 131 cm³/mol. The van der Waals surface area contributed by atoms with Gasteiger partial charge in [0.2, 0.25) is 0 Å². The van der Waals surface area contributed by atoms with Crippen LogP contribution in [0.4, 0.5) is 21.5 Å². The number of benzene rings is 3. The number of carbonyl (C=O) groups is 3. The average molecular weight is 498 g/mol. The summed E-state index contributed by atoms with van der Waals surface area (Å²) in [6, 6.07) is 15.6. The molecule has 6 nitrogen and oxygen atoms in total. The number of nitrogens with zero attached hydrogens (tertiary/aromatic N) is 1. The van der Waals surface area contributed by atoms with Gasteiger partial charge in [-0.2, -0.15) is 0 Å². The van der Waals surface area contributed by atoms with Crippen LogP contribution in [0.2, 0.25) is 5.02 Å². The predicted octanol–water partition coefficient (Wildman–Crippen LogP) is 5.78. The van der Waals surface area contributed by atoms with Crippen LogP contribution in [0.15, 0.2) is 71.4 Å². The topological polar surface area (TPSA) is 78.5 Å². The first-order valence-electron chi connectivity index (χ1n) is 10.1. The molecule has 0 aromatic heterocycles. The van der Waals surface area contributed by atoms with Crippen molar-refractivity contribution in [3.8, 4) is 0 Å². The van der Waals surface area contributed by atoms with Crippen molar-refractivity contribution in [3.63, 3.8) is 0 Å². The van der Waals surface area contributed by atoms with Crippen LogP contribution in [0, 0.1) is 19.7 Å². The van der Waals surface area contributed by atoms with Crippen LogP contribution in [0.1, 0.15) is 21.5 Å². The van der Waals surface area contributed by atoms with E-state index in [4.69, 9.17) is 23.2 Å². The Bertz CT molecular complexity index is 1370. The van der Waals surface area contributed by atoms with E-state index >= 15 is 0 Å². The molecule has 1 aliphatic rings. The van der Waals surface area contributed by atoms with Gasteiger partial charge in [0, 0.05) is 16.9 Å². The molecular formula is C25H18Cl2FN3O3. The minimum atomic E-state index is -0.777. The van der Waals surface area contributed by atoms with Crippen LogP contribution in [0.5, 0.6) is 0 Å². The van der Waals surface area contributed by atoms with Crippen LogP contribution < -0.4 is 15.5 Å². The largest absolute Gasteiger partial charge is 0.350 e. The summed E-state index contributed by atoms with van der Waals surface area (Å²) < 4.78 is 13.5. The molecule has 0 unspecified atom stereocenters. The number of amides is 3. The van der Waals surface area contributed by atoms with Gasteiger partial charge in [0.1, 0.15) is 16.5 Å². The lowest BCUT2D eigenvalue weighted by molar-refractivity contribution is -0.120. The Morgan fingerprint density at radius 1 is 0.882 bits per heavy atom. The molecule has 0 fully saturated rings. The SMILES string of the molecule is Cc1cc(C)cc(NC(=O)c2cccc(NC3=C(Cl)C(=O)N(c4ccc(F)c(Cl)c4)C3=O)c2)c1. The number of hydrogen-bond acceptors (Lipinski definition) is 4. The summed E-state index contributed by atoms with van der Waals surface area (Å²) in [4.78, 5) is 39.1. The van der Waals surface area contributed by atoms with Gasteiger partial charge in [-0.15, -0.1) is 0 Å². The van der Waals surface area contributed by atoms with Crippen LogP contribution in [-0.2, 0) is 9.59 Å². The molecule has 0 radical (unpaired) electrons. The monoisotopic (exact) mass is 497 g/mol. The second-order valence-electron chi connectivity index (χ2n) is 7.77. The molecule has 2 N–H and O–H groups in total. The fourth-order valence-corrected chi connectivity index (χ4v) is 3.99. The van der Waals surface area contributed by atoms with Crippen LogP contribution >= 0.6 is 23.2 Å². The van der Waals surface area contributed by atoms with Crippen LogP contribution in [0.3, 0.4) is 0 Å². The van der Waals surface area contributed by atoms with Crippen LogP contribution in [-0.4, -0.2) is 17.7 Å². The molecule has 3 aromatic carbocycles. The number of carbonyl (C=O) groups excluding carboxylic acids is 3. The van der Waals surface area contributed by atoms with Crippen molar-refractivity contribution in [3.05, 3.63) is 98.9 Å². The fourth-order valence-electron chi connectivity index (χ4n) is 3.60. The highest BCUT2D eigenvalue weighted by Gasteiger charge is 2.39. The molecule has 172 valence electrons. The lowest BCUT2D eigenvalue weighted by Gasteiger charge is -2.15. The standard InChI is InChI=1S/C25H18Cl2FN3O3/c1-13-8-14(2)10-17(9-13)30-23(32)15-4-3-5-16(11-15)29-22-21(27)24(33)31(25(22)34)18-6-7-20(28)19(26)12-18/h3-12,29H,1-2H3,(H,30,32). The van der Waals surface area contributed by atoms with Gasteiger partial charge in [-0.25, -0.2) is 9.29 Å². The maximum Gasteiger partial charge on any atom is 0.283 e. The number of rotatable bonds is 5. The van der Waals surface area contributed by atoms with Gasteiger partial charge < -0.3 is 10.6 Å². The summed E-state index contributed by atoms with van der Waals surface area (Å²) in [6.45, 7) is 3.88. The quantitative estimate of drug-likeness (QED) is 0.437. The van der Waals surface area contributed by atoms with Gasteiger partial charge in [-0.05, 0) is 73.5 Å². The number of nitrogens with one attached hydrogen (secondary N) is 2. The van der Waals surface area contributed by atoms with Crippen molar-refractivity contribution < 1.29 is 18.8 Å². The Morgan fingerprint density at radius 3 is 2.26 bits per heavy atom. The van der Waals surface area contributed by atoms with Gasteiger partial charge in [-0.3, -0.25) is 14.4 Å². The summed E-state index contributed by atoms with van der Waals surface area (Å²) >= 11 is 11.9. The van der Waals surface area contributed by atoms with E-state index in [-0.39, 0.29) is 27.3 Å². The molecule has 0 saturated heterocycles. The highest BCUT2D eigenvalue weighted by Crippen LogP contribution is 2.32. The summed E-state index contributed by atoms with van der Waals surface area (Å²) in [5, 5.41) is 5.09. The van der Waals surface area contributed by atoms with Crippen molar-refractivity contribution in [2.75, 3.05) is 15.5 Å². The highest BCUT2D eigenvalue weighted by atomic mass is 35.5. The minimum absolute atomic E-state index is 0.0814. The molecular weight excluding hydrogens is 480 g/mol. The summed E-state index contributed by atoms with van der Waals surface area (Å²) in [5.41, 5.74) is 3.32. The van der Waals surface area contributed by atoms with Gasteiger partial charge in [0.15, 0.2) is 0 Å². The Morgan fingerprint density at radius 2 is 1.59 bits per heavy atom. The maximum absolute atomic E-state index is 13.5. The van der Waals surface area contributed by atoms with Crippen LogP contribution in [0.25, 0.3) is 0 Å². The van der Waals surface area contributed by atoms with Crippen molar-refractivity contribution in [1.29, 1.82) is 0 Å². The molecule has 1 aliphatic heterocycles. The molecule has 9 heteroatoms. The van der Waals surface area contributed by atoms with E-state index in [1.54, 1.807) is 18.2 Å². The number of anilines is 3. The second kappa shape index (κ2) is 9.29. The number of halogens is 3. The smallest absolute Gasteiger partial charge is 0.283 e. The zero-order valence-electron chi connectivity index (χ0n) is 18.1. The molecule has 3 amide bonds. The number of imide groups is 1. The third-order valence-corrected chi connectivity index (χ3v) is 5.70. The second-order valence-corrected chi connectivity index (χ2v) is 8.55. The van der Waals surface area contributed by atoms with Gasteiger partial charge >= 0.3 is 0 Å². The highest BCUT2D eigenvalue weighted by molar-refractivity contribution is 6.53. The molecule has 4 rings (SSSR count). The third kappa shape index (κ3) is 4.66. The normalized spacial score (nSPS) is 13.5. The van der Waals surface area contributed by atoms with Gasteiger partial charge in [0.25, 0.3) is 17.7 Å². The summed E-state index contributed by atoms with van der Waals surface area (Å²) in [7, 11) is 0. The number of hydrogen-bond donors (Lipinski definition) is 2. The Hall–Kier alpha value is -3.68. The molecule has 1 heterocycles. The Balaban J connectivity index is 1.55. The van der Waals surface area contributed by atoms with E-state index in [0.717, 1.165) is 28.2 Å². The maximum atomic E-state index is 13.5. The molecule has 0 spiro atoms. The first-order valence-corrected chi connectivity index (χ1v) is 10.9. The van der Waals surface area contributed by atoms with Crippen molar-refractivity contribution in [1.82, 2.24) is 0 Å². The first kappa shape index (κ1) is 23.5. The number of aryl methyl sites for hydroxylation is 2. The molecule has 0 bridgehead atoms. The molecule has 3 aromatic rings. The van der Waals surface area contributed by atoms with Gasteiger partial charge in [0.05, 0.1) is 10.7 Å². The molecule has 0 aliphatic carbocycles. The van der Waals surface area contributed by atoms with E-state index in [2.05, 4.69) is 10.6 Å². The lowest BCUT2D eigenvalue weighted by atomic mass is 10.1. The van der Waals surface area contributed by atoms with E-state index in [1.807, 2.05) is 32.0 Å². The van der Waals surface area contributed by atoms with Crippen molar-refractivity contribution in [2.45, 2.75) is 13.8 Å². The fraction of sp³-hybridized carbons (Fsp3) is 0.0800. The molecule has 0 atom stereocenters. The van der Waals surface area contributed by atoms with E-state index in [9.17, 15) is 18.8 Å². The molecule has 34 heavy (non-hydrogen) atoms. The summed E-state index contributed by atoms with van der Waals surface area (Å²) in [5.74, 6) is -2.54. The molecule has 0 saturated carbocycles. The lowest BCUT2D eigenvalue weighted by Crippen LogP contribution is -2.32. The minimum Gasteiger partial charge on any atom is -0.350 e. The van der Waals surface area contributed by atoms with Crippen molar-refractivity contribution in [2.24, 2.45) is 0 Å². The van der Waals surface area contributed by atoms with E-state index in [1.165, 1.54) is 12.1 Å². The zero-order chi connectivity index (χ0) is 24.6. The summed E-state index contributed by atoms with van der Waals surface area (Å²) in [6.07, 6.45) is 0.